The van der Waals surface area contributed by atoms with E-state index in [9.17, 15) is 43.2 Å². The number of rotatable bonds is 75. The molecular formula is C77H140O17P2. The lowest BCUT2D eigenvalue weighted by Crippen LogP contribution is -2.30. The highest BCUT2D eigenvalue weighted by Gasteiger charge is 2.30. The van der Waals surface area contributed by atoms with Crippen molar-refractivity contribution in [2.24, 2.45) is 0 Å². The van der Waals surface area contributed by atoms with Gasteiger partial charge in [-0.15, -0.1) is 0 Å². The van der Waals surface area contributed by atoms with Crippen molar-refractivity contribution in [2.45, 2.75) is 360 Å². The molecule has 0 bridgehead atoms. The SMILES string of the molecule is CCCCC/C=C\C/C=C\CCCCCCCC(=O)OC[C@H](COP(=O)(O)OC[C@@H](O)COP(=O)(O)OC[C@@H](COCCCCCCC/C=C\CCCCCCC=O)OC(=O)CCCCCCCCCCCCCCC)OC(=O)CCCCCCC/C=C\C/C=C\CCCCC. The van der Waals surface area contributed by atoms with Gasteiger partial charge in [-0.1, -0.05) is 255 Å². The van der Waals surface area contributed by atoms with Gasteiger partial charge in [0.05, 0.1) is 33.0 Å². The molecule has 0 saturated carbocycles. The Labute approximate surface area is 584 Å². The molecule has 0 aromatic heterocycles. The minimum absolute atomic E-state index is 0.0791. The molecule has 17 nitrogen and oxygen atoms in total. The molecule has 5 atom stereocenters. The number of phosphoric ester groups is 2. The van der Waals surface area contributed by atoms with Crippen LogP contribution in [0.4, 0.5) is 0 Å². The number of phosphoric acid groups is 2. The molecule has 0 amide bonds. The Morgan fingerprint density at radius 3 is 0.990 bits per heavy atom. The van der Waals surface area contributed by atoms with Crippen LogP contribution >= 0.6 is 15.6 Å². The number of esters is 3. The third-order valence-electron chi connectivity index (χ3n) is 16.5. The fourth-order valence-electron chi connectivity index (χ4n) is 10.6. The maximum Gasteiger partial charge on any atom is 0.472 e. The summed E-state index contributed by atoms with van der Waals surface area (Å²) in [5.74, 6) is -1.56. The molecule has 0 aliphatic heterocycles. The molecule has 0 spiro atoms. The average molecular weight is 1400 g/mol. The fourth-order valence-corrected chi connectivity index (χ4v) is 12.1. The number of carbonyl (C=O) groups is 4. The zero-order valence-corrected chi connectivity index (χ0v) is 62.6. The summed E-state index contributed by atoms with van der Waals surface area (Å²) < 4.78 is 69.1. The number of allylic oxidation sites excluding steroid dienone is 10. The molecular weight excluding hydrogens is 1260 g/mol. The molecule has 0 fully saturated rings. The number of unbranched alkanes of at least 4 members (excludes halogenated alkanes) is 38. The van der Waals surface area contributed by atoms with Crippen molar-refractivity contribution in [3.05, 3.63) is 60.8 Å². The maximum absolute atomic E-state index is 13.1. The van der Waals surface area contributed by atoms with E-state index in [2.05, 4.69) is 81.5 Å². The molecule has 560 valence electrons. The Bertz CT molecular complexity index is 2030. The second-order valence-corrected chi connectivity index (χ2v) is 28.8. The Hall–Kier alpha value is -3.08. The molecule has 0 heterocycles. The molecule has 3 N–H and O–H groups in total. The minimum Gasteiger partial charge on any atom is -0.462 e. The smallest absolute Gasteiger partial charge is 0.462 e. The van der Waals surface area contributed by atoms with Gasteiger partial charge in [-0.05, 0) is 122 Å². The first-order valence-corrected chi connectivity index (χ1v) is 41.5. The van der Waals surface area contributed by atoms with Crippen LogP contribution in [-0.2, 0) is 65.4 Å². The standard InChI is InChI=1S/C77H140O17P2/c1-4-7-10-13-16-19-22-25-27-32-36-41-46-51-56-61-75(80)88-69-74(94-77(82)63-58-53-48-43-38-33-28-26-23-20-17-14-11-8-5-2)71-92-96(85,86)90-67-72(79)66-89-95(83,84)91-70-73(93-76(81)62-57-52-47-42-37-31-24-21-18-15-12-9-6-3)68-87-65-60-55-50-45-40-35-30-29-34-39-44-49-54-59-64-78/h16-17,19-20,25-30,64,72-74,79H,4-15,18,21-24,31-63,65-71H2,1-3H3,(H,83,84)(H,85,86)/b19-16-,20-17-,27-25-,28-26-,30-29-/t72-,73+,74+/m0/s1. The summed E-state index contributed by atoms with van der Waals surface area (Å²) in [6, 6.07) is 0. The summed E-state index contributed by atoms with van der Waals surface area (Å²) in [5, 5.41) is 10.6. The summed E-state index contributed by atoms with van der Waals surface area (Å²) >= 11 is 0. The zero-order valence-electron chi connectivity index (χ0n) is 60.8. The number of aliphatic hydroxyl groups excluding tert-OH is 1. The Morgan fingerprint density at radius 2 is 0.615 bits per heavy atom. The molecule has 0 radical (unpaired) electrons. The van der Waals surface area contributed by atoms with Gasteiger partial charge in [0.1, 0.15) is 25.1 Å². The number of carbonyl (C=O) groups excluding carboxylic acids is 4. The predicted octanol–water partition coefficient (Wildman–Crippen LogP) is 21.5. The van der Waals surface area contributed by atoms with Gasteiger partial charge in [-0.3, -0.25) is 32.5 Å². The van der Waals surface area contributed by atoms with E-state index < -0.39 is 84.9 Å². The van der Waals surface area contributed by atoms with Crippen LogP contribution in [0.2, 0.25) is 0 Å². The number of aliphatic hydroxyl groups is 1. The van der Waals surface area contributed by atoms with E-state index in [1.54, 1.807) is 0 Å². The highest BCUT2D eigenvalue weighted by Crippen LogP contribution is 2.45. The summed E-state index contributed by atoms with van der Waals surface area (Å²) in [4.78, 5) is 70.5. The summed E-state index contributed by atoms with van der Waals surface area (Å²) in [6.07, 6.45) is 69.6. The monoisotopic (exact) mass is 1400 g/mol. The van der Waals surface area contributed by atoms with E-state index in [1.807, 2.05) is 0 Å². The first-order valence-electron chi connectivity index (χ1n) is 38.5. The summed E-state index contributed by atoms with van der Waals surface area (Å²) in [5.41, 5.74) is 0. The lowest BCUT2D eigenvalue weighted by atomic mass is 10.0. The van der Waals surface area contributed by atoms with Crippen LogP contribution in [0, 0.1) is 0 Å². The highest BCUT2D eigenvalue weighted by atomic mass is 31.2. The number of hydrogen-bond acceptors (Lipinski definition) is 15. The average Bonchev–Trinajstić information content (AvgIpc) is 2.57. The molecule has 0 aromatic rings. The van der Waals surface area contributed by atoms with Gasteiger partial charge in [-0.25, -0.2) is 9.13 Å². The van der Waals surface area contributed by atoms with Crippen LogP contribution in [0.3, 0.4) is 0 Å². The fraction of sp³-hybridized carbons (Fsp3) is 0.818. The van der Waals surface area contributed by atoms with Crippen molar-refractivity contribution >= 4 is 39.8 Å². The van der Waals surface area contributed by atoms with E-state index >= 15 is 0 Å². The van der Waals surface area contributed by atoms with Gasteiger partial charge < -0.3 is 38.6 Å². The number of hydrogen-bond donors (Lipinski definition) is 3. The van der Waals surface area contributed by atoms with Crippen molar-refractivity contribution in [3.8, 4) is 0 Å². The van der Waals surface area contributed by atoms with Crippen LogP contribution in [0.15, 0.2) is 60.8 Å². The van der Waals surface area contributed by atoms with E-state index in [0.717, 1.165) is 186 Å². The molecule has 0 aromatic carbocycles. The third-order valence-corrected chi connectivity index (χ3v) is 18.4. The van der Waals surface area contributed by atoms with Crippen molar-refractivity contribution < 1.29 is 80.2 Å². The molecule has 0 rings (SSSR count). The van der Waals surface area contributed by atoms with E-state index in [1.165, 1.54) is 96.3 Å². The van der Waals surface area contributed by atoms with Gasteiger partial charge in [0.25, 0.3) is 0 Å². The summed E-state index contributed by atoms with van der Waals surface area (Å²) in [7, 11) is -9.83. The van der Waals surface area contributed by atoms with Crippen molar-refractivity contribution in [2.75, 3.05) is 46.2 Å². The topological polar surface area (TPSA) is 237 Å². The minimum atomic E-state index is -4.95. The zero-order chi connectivity index (χ0) is 70.2. The maximum atomic E-state index is 13.1. The quantitative estimate of drug-likeness (QED) is 0.0128. The van der Waals surface area contributed by atoms with Gasteiger partial charge >= 0.3 is 33.6 Å². The van der Waals surface area contributed by atoms with Crippen LogP contribution in [0.5, 0.6) is 0 Å². The second-order valence-electron chi connectivity index (χ2n) is 25.9. The molecule has 96 heavy (non-hydrogen) atoms. The Morgan fingerprint density at radius 1 is 0.333 bits per heavy atom. The summed E-state index contributed by atoms with van der Waals surface area (Å²) in [6.45, 7) is 3.61. The lowest BCUT2D eigenvalue weighted by Gasteiger charge is -2.21. The van der Waals surface area contributed by atoms with Gasteiger partial charge in [-0.2, -0.15) is 0 Å². The number of aldehydes is 1. The van der Waals surface area contributed by atoms with E-state index in [0.29, 0.717) is 32.3 Å². The van der Waals surface area contributed by atoms with Crippen LogP contribution < -0.4 is 0 Å². The molecule has 0 aliphatic carbocycles. The van der Waals surface area contributed by atoms with Gasteiger partial charge in [0.2, 0.25) is 0 Å². The Kier molecular flexibility index (Phi) is 69.4. The Balaban J connectivity index is 5.27. The van der Waals surface area contributed by atoms with Crippen molar-refractivity contribution in [1.29, 1.82) is 0 Å². The van der Waals surface area contributed by atoms with Crippen LogP contribution in [-0.4, -0.2) is 104 Å². The molecule has 0 saturated heterocycles. The third kappa shape index (κ3) is 70.8. The van der Waals surface area contributed by atoms with E-state index in [4.69, 9.17) is 37.0 Å². The van der Waals surface area contributed by atoms with E-state index in [-0.39, 0.29) is 25.9 Å². The normalized spacial score (nSPS) is 14.3. The highest BCUT2D eigenvalue weighted by molar-refractivity contribution is 7.47. The molecule has 19 heteroatoms. The van der Waals surface area contributed by atoms with Crippen LogP contribution in [0.1, 0.15) is 342 Å². The largest absolute Gasteiger partial charge is 0.472 e. The van der Waals surface area contributed by atoms with Gasteiger partial charge in [0, 0.05) is 32.3 Å². The van der Waals surface area contributed by atoms with Crippen molar-refractivity contribution in [3.63, 3.8) is 0 Å². The van der Waals surface area contributed by atoms with Gasteiger partial charge in [0.15, 0.2) is 6.10 Å². The molecule has 2 unspecified atom stereocenters. The predicted molar refractivity (Wildman–Crippen MR) is 391 cm³/mol. The molecule has 0 aliphatic rings. The first-order chi connectivity index (χ1) is 46.8. The van der Waals surface area contributed by atoms with Crippen LogP contribution in [0.25, 0.3) is 0 Å². The van der Waals surface area contributed by atoms with Crippen molar-refractivity contribution in [1.82, 2.24) is 0 Å². The number of ether oxygens (including phenoxy) is 4. The second kappa shape index (κ2) is 71.7. The lowest BCUT2D eigenvalue weighted by molar-refractivity contribution is -0.161. The first kappa shape index (κ1) is 92.9.